The van der Waals surface area contributed by atoms with Crippen molar-refractivity contribution in [2.45, 2.75) is 32.1 Å². The lowest BCUT2D eigenvalue weighted by molar-refractivity contribution is 0.541. The van der Waals surface area contributed by atoms with Gasteiger partial charge in [-0.1, -0.05) is 25.7 Å². The first kappa shape index (κ1) is 9.00. The van der Waals surface area contributed by atoms with Gasteiger partial charge in [-0.2, -0.15) is 0 Å². The van der Waals surface area contributed by atoms with E-state index in [-0.39, 0.29) is 0 Å². The SMILES string of the molecule is CNc1nc(CC2CCCC2)cs1. The Morgan fingerprint density at radius 2 is 2.31 bits per heavy atom. The molecule has 1 fully saturated rings. The summed E-state index contributed by atoms with van der Waals surface area (Å²) in [4.78, 5) is 4.50. The summed E-state index contributed by atoms with van der Waals surface area (Å²) in [7, 11) is 1.93. The predicted octanol–water partition coefficient (Wildman–Crippen LogP) is 2.92. The van der Waals surface area contributed by atoms with Crippen LogP contribution in [0.1, 0.15) is 31.4 Å². The molecule has 0 amide bonds. The molecule has 2 rings (SSSR count). The van der Waals surface area contributed by atoms with Crippen LogP contribution in [-0.4, -0.2) is 12.0 Å². The van der Waals surface area contributed by atoms with E-state index in [4.69, 9.17) is 0 Å². The van der Waals surface area contributed by atoms with Gasteiger partial charge in [0.05, 0.1) is 5.69 Å². The van der Waals surface area contributed by atoms with Gasteiger partial charge in [-0.3, -0.25) is 0 Å². The van der Waals surface area contributed by atoms with Crippen molar-refractivity contribution in [1.29, 1.82) is 0 Å². The Morgan fingerprint density at radius 3 is 2.92 bits per heavy atom. The predicted molar refractivity (Wildman–Crippen MR) is 57.3 cm³/mol. The number of nitrogens with zero attached hydrogens (tertiary/aromatic N) is 1. The molecule has 1 aliphatic rings. The van der Waals surface area contributed by atoms with Crippen LogP contribution >= 0.6 is 11.3 Å². The van der Waals surface area contributed by atoms with Crippen molar-refractivity contribution in [3.63, 3.8) is 0 Å². The van der Waals surface area contributed by atoms with Crippen molar-refractivity contribution >= 4 is 16.5 Å². The number of nitrogens with one attached hydrogen (secondary N) is 1. The van der Waals surface area contributed by atoms with Gasteiger partial charge in [-0.15, -0.1) is 11.3 Å². The van der Waals surface area contributed by atoms with E-state index >= 15 is 0 Å². The maximum atomic E-state index is 4.50. The van der Waals surface area contributed by atoms with Crippen molar-refractivity contribution in [2.75, 3.05) is 12.4 Å². The van der Waals surface area contributed by atoms with Crippen molar-refractivity contribution in [1.82, 2.24) is 4.98 Å². The van der Waals surface area contributed by atoms with Crippen LogP contribution in [0.4, 0.5) is 5.13 Å². The molecule has 1 heterocycles. The highest BCUT2D eigenvalue weighted by molar-refractivity contribution is 7.13. The zero-order valence-corrected chi connectivity index (χ0v) is 8.86. The molecule has 13 heavy (non-hydrogen) atoms. The average molecular weight is 196 g/mol. The summed E-state index contributed by atoms with van der Waals surface area (Å²) in [5.41, 5.74) is 1.28. The number of hydrogen-bond acceptors (Lipinski definition) is 3. The molecule has 1 aromatic heterocycles. The van der Waals surface area contributed by atoms with Crippen LogP contribution < -0.4 is 5.32 Å². The fourth-order valence-corrected chi connectivity index (χ4v) is 2.71. The maximum Gasteiger partial charge on any atom is 0.182 e. The molecule has 1 saturated carbocycles. The first-order chi connectivity index (χ1) is 6.38. The standard InChI is InChI=1S/C10H16N2S/c1-11-10-12-9(7-13-10)6-8-4-2-3-5-8/h7-8H,2-6H2,1H3,(H,11,12). The minimum absolute atomic E-state index is 0.909. The minimum atomic E-state index is 0.909. The van der Waals surface area contributed by atoms with Crippen LogP contribution in [0.5, 0.6) is 0 Å². The Labute approximate surface area is 83.4 Å². The normalized spacial score (nSPS) is 17.9. The highest BCUT2D eigenvalue weighted by Gasteiger charge is 2.16. The fraction of sp³-hybridized carbons (Fsp3) is 0.700. The molecular weight excluding hydrogens is 180 g/mol. The fourth-order valence-electron chi connectivity index (χ4n) is 2.03. The summed E-state index contributed by atoms with van der Waals surface area (Å²) in [6, 6.07) is 0. The number of thiazole rings is 1. The van der Waals surface area contributed by atoms with E-state index in [1.54, 1.807) is 11.3 Å². The molecular formula is C10H16N2S. The Kier molecular flexibility index (Phi) is 2.83. The van der Waals surface area contributed by atoms with Crippen molar-refractivity contribution in [3.8, 4) is 0 Å². The van der Waals surface area contributed by atoms with Gasteiger partial charge in [0.15, 0.2) is 5.13 Å². The number of anilines is 1. The van der Waals surface area contributed by atoms with E-state index in [0.717, 1.165) is 11.0 Å². The van der Waals surface area contributed by atoms with Crippen LogP contribution in [0.15, 0.2) is 5.38 Å². The molecule has 0 saturated heterocycles. The molecule has 0 radical (unpaired) electrons. The minimum Gasteiger partial charge on any atom is -0.365 e. The van der Waals surface area contributed by atoms with Crippen LogP contribution in [0.3, 0.4) is 0 Å². The summed E-state index contributed by atoms with van der Waals surface area (Å²) in [5.74, 6) is 0.909. The molecule has 1 aliphatic carbocycles. The molecule has 2 nitrogen and oxygen atoms in total. The van der Waals surface area contributed by atoms with Gasteiger partial charge in [0.1, 0.15) is 0 Å². The number of hydrogen-bond donors (Lipinski definition) is 1. The number of aromatic nitrogens is 1. The zero-order chi connectivity index (χ0) is 9.10. The van der Waals surface area contributed by atoms with E-state index < -0.39 is 0 Å². The summed E-state index contributed by atoms with van der Waals surface area (Å²) >= 11 is 1.71. The van der Waals surface area contributed by atoms with Crippen LogP contribution in [0.2, 0.25) is 0 Å². The quantitative estimate of drug-likeness (QED) is 0.804. The molecule has 1 N–H and O–H groups in total. The highest BCUT2D eigenvalue weighted by Crippen LogP contribution is 2.28. The van der Waals surface area contributed by atoms with Crippen molar-refractivity contribution in [2.24, 2.45) is 5.92 Å². The monoisotopic (exact) mass is 196 g/mol. The van der Waals surface area contributed by atoms with E-state index in [1.807, 2.05) is 7.05 Å². The largest absolute Gasteiger partial charge is 0.365 e. The molecule has 0 unspecified atom stereocenters. The zero-order valence-electron chi connectivity index (χ0n) is 8.05. The van der Waals surface area contributed by atoms with Gasteiger partial charge in [0, 0.05) is 12.4 Å². The topological polar surface area (TPSA) is 24.9 Å². The third-order valence-electron chi connectivity index (χ3n) is 2.74. The van der Waals surface area contributed by atoms with Gasteiger partial charge in [0.25, 0.3) is 0 Å². The molecule has 0 atom stereocenters. The first-order valence-corrected chi connectivity index (χ1v) is 5.88. The summed E-state index contributed by atoms with van der Waals surface area (Å²) in [5, 5.41) is 6.31. The van der Waals surface area contributed by atoms with Crippen LogP contribution in [0, 0.1) is 5.92 Å². The molecule has 0 spiro atoms. The van der Waals surface area contributed by atoms with E-state index in [1.165, 1.54) is 37.8 Å². The average Bonchev–Trinajstić information content (AvgIpc) is 2.76. The lowest BCUT2D eigenvalue weighted by atomic mass is 10.0. The molecule has 0 aliphatic heterocycles. The molecule has 3 heteroatoms. The Balaban J connectivity index is 1.92. The van der Waals surface area contributed by atoms with Crippen molar-refractivity contribution < 1.29 is 0 Å². The lowest BCUT2D eigenvalue weighted by Gasteiger charge is -2.04. The second-order valence-electron chi connectivity index (χ2n) is 3.75. The van der Waals surface area contributed by atoms with Crippen molar-refractivity contribution in [3.05, 3.63) is 11.1 Å². The second-order valence-corrected chi connectivity index (χ2v) is 4.61. The third kappa shape index (κ3) is 2.21. The van der Waals surface area contributed by atoms with Gasteiger partial charge in [-0.25, -0.2) is 4.98 Å². The highest BCUT2D eigenvalue weighted by atomic mass is 32.1. The first-order valence-electron chi connectivity index (χ1n) is 5.00. The Bertz CT molecular complexity index is 264. The van der Waals surface area contributed by atoms with Gasteiger partial charge in [-0.05, 0) is 12.3 Å². The Morgan fingerprint density at radius 1 is 1.54 bits per heavy atom. The van der Waals surface area contributed by atoms with Crippen LogP contribution in [0.25, 0.3) is 0 Å². The van der Waals surface area contributed by atoms with Gasteiger partial charge < -0.3 is 5.32 Å². The Hall–Kier alpha value is -0.570. The summed E-state index contributed by atoms with van der Waals surface area (Å²) in [6.07, 6.45) is 6.86. The molecule has 0 aromatic carbocycles. The van der Waals surface area contributed by atoms with E-state index in [0.29, 0.717) is 0 Å². The van der Waals surface area contributed by atoms with E-state index in [2.05, 4.69) is 15.7 Å². The summed E-state index contributed by atoms with van der Waals surface area (Å²) in [6.45, 7) is 0. The van der Waals surface area contributed by atoms with E-state index in [9.17, 15) is 0 Å². The molecule has 1 aromatic rings. The number of rotatable bonds is 3. The smallest absolute Gasteiger partial charge is 0.182 e. The van der Waals surface area contributed by atoms with Gasteiger partial charge >= 0.3 is 0 Å². The molecule has 0 bridgehead atoms. The lowest BCUT2D eigenvalue weighted by Crippen LogP contribution is -1.99. The second kappa shape index (κ2) is 4.09. The van der Waals surface area contributed by atoms with Gasteiger partial charge in [0.2, 0.25) is 0 Å². The third-order valence-corrected chi connectivity index (χ3v) is 3.65. The summed E-state index contributed by atoms with van der Waals surface area (Å²) < 4.78 is 0. The molecule has 72 valence electrons. The maximum absolute atomic E-state index is 4.50. The van der Waals surface area contributed by atoms with Crippen LogP contribution in [-0.2, 0) is 6.42 Å².